The van der Waals surface area contributed by atoms with Crippen LogP contribution in [0.4, 0.5) is 0 Å². The molecule has 7 atom stereocenters. The van der Waals surface area contributed by atoms with Crippen molar-refractivity contribution in [1.82, 2.24) is 9.55 Å². The topological polar surface area (TPSA) is 244 Å². The first-order chi connectivity index (χ1) is 14.9. The fraction of sp³-hybridized carbons (Fsp3) is 0.500. The van der Waals surface area contributed by atoms with Crippen LogP contribution in [0.15, 0.2) is 21.9 Å². The lowest BCUT2D eigenvalue weighted by atomic mass is 9.97. The third-order valence-corrected chi connectivity index (χ3v) is 8.43. The number of alkyl halides is 1. The number of hydrogen-bond acceptors (Lipinski definition) is 10. The van der Waals surface area contributed by atoms with E-state index in [9.17, 15) is 38.2 Å². The highest BCUT2D eigenvalue weighted by molar-refractivity contribution is 7.66. The van der Waals surface area contributed by atoms with E-state index in [1.165, 1.54) is 0 Å². The van der Waals surface area contributed by atoms with E-state index < -0.39 is 64.1 Å². The lowest BCUT2D eigenvalue weighted by Crippen LogP contribution is -2.45. The predicted octanol–water partition coefficient (Wildman–Crippen LogP) is -0.296. The Morgan fingerprint density at radius 3 is 2.33 bits per heavy atom. The van der Waals surface area contributed by atoms with Crippen LogP contribution in [0.1, 0.15) is 13.2 Å². The molecule has 33 heavy (non-hydrogen) atoms. The van der Waals surface area contributed by atoms with Crippen LogP contribution >= 0.6 is 46.7 Å². The average molecular weight is 575 g/mol. The van der Waals surface area contributed by atoms with Crippen LogP contribution < -0.4 is 11.2 Å². The molecule has 2 heterocycles. The van der Waals surface area contributed by atoms with Crippen LogP contribution in [0, 0.1) is 11.3 Å². The Balaban J connectivity index is 2.32. The van der Waals surface area contributed by atoms with Gasteiger partial charge in [0.15, 0.2) is 11.1 Å². The van der Waals surface area contributed by atoms with Crippen molar-refractivity contribution in [2.24, 2.45) is 0 Å². The van der Waals surface area contributed by atoms with Gasteiger partial charge in [0.1, 0.15) is 12.2 Å². The van der Waals surface area contributed by atoms with Crippen molar-refractivity contribution in [2.75, 3.05) is 0 Å². The molecule has 16 nitrogen and oxygen atoms in total. The Morgan fingerprint density at radius 2 is 1.82 bits per heavy atom. The maximum atomic E-state index is 12.1. The van der Waals surface area contributed by atoms with Crippen LogP contribution in [-0.2, 0) is 31.6 Å². The molecule has 3 unspecified atom stereocenters. The number of aliphatic hydroxyl groups is 1. The summed E-state index contributed by atoms with van der Waals surface area (Å²) in [7, 11) is -17.0. The molecule has 1 fully saturated rings. The second-order valence-electron chi connectivity index (χ2n) is 6.30. The fourth-order valence-corrected chi connectivity index (χ4v) is 6.46. The number of aromatic amines is 1. The number of aromatic nitrogens is 2. The molecule has 0 bridgehead atoms. The first kappa shape index (κ1) is 28.4. The second kappa shape index (κ2) is 10.0. The summed E-state index contributed by atoms with van der Waals surface area (Å²) in [5, 5.41) is 12.5. The summed E-state index contributed by atoms with van der Waals surface area (Å²) < 4.78 is 52.2. The monoisotopic (exact) mass is 574 g/mol. The fourth-order valence-electron chi connectivity index (χ4n) is 2.73. The molecule has 186 valence electrons. The zero-order valence-electron chi connectivity index (χ0n) is 15.9. The highest BCUT2D eigenvalue weighted by Crippen LogP contribution is 2.66. The maximum absolute atomic E-state index is 12.1. The Kier molecular flexibility index (Phi) is 8.62. The summed E-state index contributed by atoms with van der Waals surface area (Å²) in [6, 6.07) is 0.922. The van der Waals surface area contributed by atoms with Crippen molar-refractivity contribution in [3.8, 4) is 11.3 Å². The summed E-state index contributed by atoms with van der Waals surface area (Å²) in [5.41, 5.74) is -1.79. The van der Waals surface area contributed by atoms with Gasteiger partial charge in [-0.05, 0) is 18.5 Å². The summed E-state index contributed by atoms with van der Waals surface area (Å²) in [5.74, 6) is 2.22. The number of H-pyrrole nitrogens is 1. The number of phosphoric acid groups is 3. The Morgan fingerprint density at radius 1 is 1.21 bits per heavy atom. The number of rotatable bonds is 8. The molecule has 0 aliphatic carbocycles. The molecular formula is C12H15Cl2N2O14P3. The van der Waals surface area contributed by atoms with Crippen LogP contribution in [0.3, 0.4) is 0 Å². The third-order valence-electron chi connectivity index (χ3n) is 3.91. The number of ether oxygens (including phenoxy) is 1. The van der Waals surface area contributed by atoms with Gasteiger partial charge in [-0.2, -0.15) is 8.62 Å². The van der Waals surface area contributed by atoms with Gasteiger partial charge in [-0.25, -0.2) is 18.5 Å². The zero-order valence-corrected chi connectivity index (χ0v) is 20.1. The van der Waals surface area contributed by atoms with E-state index in [1.54, 1.807) is 0 Å². The molecule has 0 amide bonds. The van der Waals surface area contributed by atoms with Gasteiger partial charge in [-0.1, -0.05) is 17.5 Å². The molecule has 1 aromatic rings. The largest absolute Gasteiger partial charge is 0.490 e. The molecule has 1 aromatic heterocycles. The smallest absolute Gasteiger partial charge is 0.387 e. The van der Waals surface area contributed by atoms with E-state index in [1.807, 2.05) is 10.4 Å². The predicted molar refractivity (Wildman–Crippen MR) is 108 cm³/mol. The number of nitrogens with one attached hydrogen (secondary N) is 1. The van der Waals surface area contributed by atoms with Crippen molar-refractivity contribution in [1.29, 1.82) is 0 Å². The molecular weight excluding hydrogens is 560 g/mol. The summed E-state index contributed by atoms with van der Waals surface area (Å²) >= 11 is 11.7. The molecule has 0 saturated carbocycles. The van der Waals surface area contributed by atoms with Crippen LogP contribution in [0.25, 0.3) is 0 Å². The summed E-state index contributed by atoms with van der Waals surface area (Å²) in [6.45, 7) is 1.01. The lowest BCUT2D eigenvalue weighted by Gasteiger charge is -2.26. The first-order valence-electron chi connectivity index (χ1n) is 8.20. The molecule has 0 aromatic carbocycles. The molecule has 6 N–H and O–H groups in total. The van der Waals surface area contributed by atoms with E-state index in [-0.39, 0.29) is 0 Å². The van der Waals surface area contributed by atoms with Crippen LogP contribution in [0.2, 0.25) is 0 Å². The molecule has 1 aliphatic heterocycles. The van der Waals surface area contributed by atoms with E-state index in [0.29, 0.717) is 0 Å². The van der Waals surface area contributed by atoms with Gasteiger partial charge in [0.05, 0.1) is 6.10 Å². The van der Waals surface area contributed by atoms with Gasteiger partial charge >= 0.3 is 29.2 Å². The summed E-state index contributed by atoms with van der Waals surface area (Å²) in [4.78, 5) is 59.2. The standard InChI is InChI=1S/C12H15Cl2N2O14P3/c1-6(28-32(23,24)30-33(25,26)29-31(20,21)22)8-9(18)12(14,3-4-13)10(27-8)16-5-2-7(17)15-11(16)19/h2,5-6,8-10,18H,1H3,(H,23,24)(H,25,26)(H,15,17,19)(H2,20,21,22)/t6-,8+,9-,10+,12?/m0/s1. The van der Waals surface area contributed by atoms with Gasteiger partial charge < -0.3 is 29.4 Å². The number of hydrogen-bond donors (Lipinski definition) is 6. The van der Waals surface area contributed by atoms with Crippen molar-refractivity contribution < 1.29 is 56.3 Å². The summed E-state index contributed by atoms with van der Waals surface area (Å²) in [6.07, 6.45) is -5.95. The molecule has 1 saturated heterocycles. The highest BCUT2D eigenvalue weighted by atomic mass is 35.5. The minimum atomic E-state index is -5.80. The quantitative estimate of drug-likeness (QED) is 0.133. The first-order valence-corrected chi connectivity index (χ1v) is 13.5. The van der Waals surface area contributed by atoms with Crippen molar-refractivity contribution in [3.63, 3.8) is 0 Å². The third kappa shape index (κ3) is 7.08. The SMILES string of the molecule is C[C@H](OP(=O)(O)OP(=O)(O)OP(=O)(O)O)[C@H]1O[C@@H](n2ccc(=O)[nH]c2=O)C(Cl)(C#CCl)[C@H]1O. The van der Waals surface area contributed by atoms with Gasteiger partial charge in [-0.15, -0.1) is 0 Å². The Bertz CT molecular complexity index is 1220. The van der Waals surface area contributed by atoms with Crippen molar-refractivity contribution in [2.45, 2.75) is 36.3 Å². The van der Waals surface area contributed by atoms with E-state index in [4.69, 9.17) is 37.7 Å². The molecule has 1 aliphatic rings. The Hall–Kier alpha value is -0.850. The maximum Gasteiger partial charge on any atom is 0.490 e. The second-order valence-corrected chi connectivity index (χ2v) is 11.5. The van der Waals surface area contributed by atoms with E-state index in [0.717, 1.165) is 23.8 Å². The Labute approximate surface area is 193 Å². The normalized spacial score (nSPS) is 30.0. The minimum Gasteiger partial charge on any atom is -0.387 e. The van der Waals surface area contributed by atoms with Crippen molar-refractivity contribution >= 4 is 46.7 Å². The lowest BCUT2D eigenvalue weighted by molar-refractivity contribution is -0.0749. The average Bonchev–Trinajstić information content (AvgIpc) is 2.83. The van der Waals surface area contributed by atoms with Crippen LogP contribution in [0.5, 0.6) is 0 Å². The minimum absolute atomic E-state index is 0.733. The van der Waals surface area contributed by atoms with Crippen LogP contribution in [-0.4, -0.2) is 57.4 Å². The van der Waals surface area contributed by atoms with Gasteiger partial charge in [-0.3, -0.25) is 18.9 Å². The molecule has 0 radical (unpaired) electrons. The van der Waals surface area contributed by atoms with Gasteiger partial charge in [0.2, 0.25) is 0 Å². The number of phosphoric ester groups is 1. The number of nitrogens with zero attached hydrogens (tertiary/aromatic N) is 1. The number of halogens is 2. The molecule has 2 rings (SSSR count). The number of aliphatic hydroxyl groups excluding tert-OH is 1. The molecule has 21 heteroatoms. The van der Waals surface area contributed by atoms with Gasteiger partial charge in [0, 0.05) is 17.6 Å². The van der Waals surface area contributed by atoms with E-state index >= 15 is 0 Å². The molecule has 0 spiro atoms. The zero-order chi connectivity index (χ0) is 25.4. The van der Waals surface area contributed by atoms with Crippen molar-refractivity contribution in [3.05, 3.63) is 33.1 Å². The van der Waals surface area contributed by atoms with Gasteiger partial charge in [0.25, 0.3) is 5.56 Å². The highest BCUT2D eigenvalue weighted by Gasteiger charge is 2.58. The van der Waals surface area contributed by atoms with E-state index in [2.05, 4.69) is 19.1 Å².